The Bertz CT molecular complexity index is 349. The lowest BCUT2D eigenvalue weighted by atomic mass is 10.1. The van der Waals surface area contributed by atoms with Gasteiger partial charge in [0.2, 0.25) is 0 Å². The van der Waals surface area contributed by atoms with E-state index in [1.165, 1.54) is 5.56 Å². The third-order valence-corrected chi connectivity index (χ3v) is 2.30. The minimum atomic E-state index is 0.518. The molecule has 1 aliphatic heterocycles. The van der Waals surface area contributed by atoms with E-state index in [1.54, 1.807) is 0 Å². The minimum absolute atomic E-state index is 0.518. The van der Waals surface area contributed by atoms with Crippen molar-refractivity contribution < 1.29 is 4.74 Å². The van der Waals surface area contributed by atoms with Gasteiger partial charge in [0.15, 0.2) is 0 Å². The van der Waals surface area contributed by atoms with E-state index in [-0.39, 0.29) is 0 Å². The molecule has 0 saturated heterocycles. The minimum Gasteiger partial charge on any atom is -0.493 e. The second-order valence-corrected chi connectivity index (χ2v) is 3.67. The molecular formula is C10H11NOS. The molecule has 0 unspecified atom stereocenters. The number of fused-ring (bicyclic) bond motifs is 1. The van der Waals surface area contributed by atoms with E-state index in [0.29, 0.717) is 11.4 Å². The van der Waals surface area contributed by atoms with Gasteiger partial charge in [-0.25, -0.2) is 0 Å². The van der Waals surface area contributed by atoms with Crippen LogP contribution in [0, 0.1) is 0 Å². The molecule has 2 rings (SSSR count). The average Bonchev–Trinajstić information content (AvgIpc) is 2.51. The van der Waals surface area contributed by atoms with Gasteiger partial charge < -0.3 is 10.5 Å². The Morgan fingerprint density at radius 1 is 1.54 bits per heavy atom. The third-order valence-electron chi connectivity index (χ3n) is 2.16. The number of rotatable bonds is 2. The molecule has 1 heterocycles. The van der Waals surface area contributed by atoms with Crippen LogP contribution >= 0.6 is 12.2 Å². The highest BCUT2D eigenvalue weighted by Gasteiger charge is 2.15. The molecule has 2 N–H and O–H groups in total. The Kier molecular flexibility index (Phi) is 2.19. The topological polar surface area (TPSA) is 35.2 Å². The highest BCUT2D eigenvalue weighted by atomic mass is 32.1. The molecule has 0 amide bonds. The standard InChI is InChI=1S/C10H11NOS/c11-9(13)6-8-3-1-2-7-4-5-12-10(7)8/h1-3H,4-6H2,(H2,11,13). The van der Waals surface area contributed by atoms with Crippen LogP contribution in [0.2, 0.25) is 0 Å². The van der Waals surface area contributed by atoms with Crippen LogP contribution in [0.3, 0.4) is 0 Å². The van der Waals surface area contributed by atoms with Gasteiger partial charge in [0, 0.05) is 18.4 Å². The molecule has 1 aliphatic rings. The summed E-state index contributed by atoms with van der Waals surface area (Å²) in [6.07, 6.45) is 1.64. The van der Waals surface area contributed by atoms with Crippen molar-refractivity contribution in [2.45, 2.75) is 12.8 Å². The van der Waals surface area contributed by atoms with E-state index in [4.69, 9.17) is 22.7 Å². The van der Waals surface area contributed by atoms with Gasteiger partial charge in [-0.2, -0.15) is 0 Å². The Morgan fingerprint density at radius 3 is 3.15 bits per heavy atom. The van der Waals surface area contributed by atoms with E-state index >= 15 is 0 Å². The van der Waals surface area contributed by atoms with Crippen LogP contribution < -0.4 is 10.5 Å². The fourth-order valence-corrected chi connectivity index (χ4v) is 1.77. The number of nitrogens with two attached hydrogens (primary N) is 1. The molecule has 0 aliphatic carbocycles. The van der Waals surface area contributed by atoms with E-state index < -0.39 is 0 Å². The van der Waals surface area contributed by atoms with E-state index in [2.05, 4.69) is 6.07 Å². The van der Waals surface area contributed by atoms with Crippen molar-refractivity contribution in [3.63, 3.8) is 0 Å². The van der Waals surface area contributed by atoms with Crippen LogP contribution in [-0.4, -0.2) is 11.6 Å². The van der Waals surface area contributed by atoms with Gasteiger partial charge >= 0.3 is 0 Å². The van der Waals surface area contributed by atoms with Gasteiger partial charge in [0.05, 0.1) is 11.6 Å². The van der Waals surface area contributed by atoms with Crippen LogP contribution in [0.1, 0.15) is 11.1 Å². The van der Waals surface area contributed by atoms with Gasteiger partial charge in [-0.15, -0.1) is 0 Å². The van der Waals surface area contributed by atoms with Crippen LogP contribution in [-0.2, 0) is 12.8 Å². The maximum absolute atomic E-state index is 5.52. The zero-order chi connectivity index (χ0) is 9.26. The number of thiocarbonyl (C=S) groups is 1. The number of para-hydroxylation sites is 1. The second-order valence-electron chi connectivity index (χ2n) is 3.15. The first-order chi connectivity index (χ1) is 6.27. The molecule has 0 aromatic heterocycles. The summed E-state index contributed by atoms with van der Waals surface area (Å²) in [4.78, 5) is 0.518. The maximum atomic E-state index is 5.52. The number of hydrogen-bond acceptors (Lipinski definition) is 2. The Hall–Kier alpha value is -1.09. The first-order valence-electron chi connectivity index (χ1n) is 4.29. The highest BCUT2D eigenvalue weighted by molar-refractivity contribution is 7.80. The maximum Gasteiger partial charge on any atom is 0.126 e. The van der Waals surface area contributed by atoms with Crippen molar-refractivity contribution in [2.24, 2.45) is 5.73 Å². The average molecular weight is 193 g/mol. The van der Waals surface area contributed by atoms with Crippen LogP contribution in [0.4, 0.5) is 0 Å². The summed E-state index contributed by atoms with van der Waals surface area (Å²) in [5.74, 6) is 0.996. The molecule has 0 bridgehead atoms. The lowest BCUT2D eigenvalue weighted by molar-refractivity contribution is 0.354. The van der Waals surface area contributed by atoms with Gasteiger partial charge in [-0.3, -0.25) is 0 Å². The van der Waals surface area contributed by atoms with E-state index in [9.17, 15) is 0 Å². The largest absolute Gasteiger partial charge is 0.493 e. The lowest BCUT2D eigenvalue weighted by Crippen LogP contribution is -2.11. The molecule has 1 aromatic rings. The van der Waals surface area contributed by atoms with Crippen molar-refractivity contribution in [3.05, 3.63) is 29.3 Å². The SMILES string of the molecule is NC(=S)Cc1cccc2c1OCC2. The summed E-state index contributed by atoms with van der Waals surface area (Å²) in [7, 11) is 0. The van der Waals surface area contributed by atoms with Crippen LogP contribution in [0.15, 0.2) is 18.2 Å². The number of benzene rings is 1. The monoisotopic (exact) mass is 193 g/mol. The van der Waals surface area contributed by atoms with Gasteiger partial charge in [-0.1, -0.05) is 30.4 Å². The molecule has 3 heteroatoms. The fraction of sp³-hybridized carbons (Fsp3) is 0.300. The summed E-state index contributed by atoms with van der Waals surface area (Å²) in [5.41, 5.74) is 7.88. The summed E-state index contributed by atoms with van der Waals surface area (Å²) < 4.78 is 5.52. The Balaban J connectivity index is 2.36. The normalized spacial score (nSPS) is 13.5. The first kappa shape index (κ1) is 8.51. The van der Waals surface area contributed by atoms with Crippen molar-refractivity contribution in [2.75, 3.05) is 6.61 Å². The van der Waals surface area contributed by atoms with Gasteiger partial charge in [-0.05, 0) is 5.56 Å². The zero-order valence-corrected chi connectivity index (χ0v) is 8.06. The molecular weight excluding hydrogens is 182 g/mol. The molecule has 0 spiro atoms. The quantitative estimate of drug-likeness (QED) is 0.722. The van der Waals surface area contributed by atoms with Crippen molar-refractivity contribution >= 4 is 17.2 Å². The predicted octanol–water partition coefficient (Wildman–Crippen LogP) is 1.45. The zero-order valence-electron chi connectivity index (χ0n) is 7.25. The van der Waals surface area contributed by atoms with Crippen LogP contribution in [0.5, 0.6) is 5.75 Å². The summed E-state index contributed by atoms with van der Waals surface area (Å²) in [5, 5.41) is 0. The fourth-order valence-electron chi connectivity index (χ4n) is 1.61. The molecule has 2 nitrogen and oxygen atoms in total. The smallest absolute Gasteiger partial charge is 0.126 e. The predicted molar refractivity (Wildman–Crippen MR) is 56.1 cm³/mol. The highest BCUT2D eigenvalue weighted by Crippen LogP contribution is 2.29. The molecule has 0 atom stereocenters. The summed E-state index contributed by atoms with van der Waals surface area (Å²) >= 11 is 4.87. The molecule has 13 heavy (non-hydrogen) atoms. The van der Waals surface area contributed by atoms with Crippen molar-refractivity contribution in [1.82, 2.24) is 0 Å². The summed E-state index contributed by atoms with van der Waals surface area (Å²) in [6, 6.07) is 6.13. The van der Waals surface area contributed by atoms with E-state index in [0.717, 1.165) is 24.3 Å². The Labute approximate surface area is 82.7 Å². The number of hydrogen-bond donors (Lipinski definition) is 1. The Morgan fingerprint density at radius 2 is 2.38 bits per heavy atom. The van der Waals surface area contributed by atoms with Crippen molar-refractivity contribution in [1.29, 1.82) is 0 Å². The molecule has 0 saturated carbocycles. The third kappa shape index (κ3) is 1.65. The molecule has 68 valence electrons. The lowest BCUT2D eigenvalue weighted by Gasteiger charge is -2.06. The second kappa shape index (κ2) is 3.34. The van der Waals surface area contributed by atoms with Gasteiger partial charge in [0.1, 0.15) is 5.75 Å². The van der Waals surface area contributed by atoms with E-state index in [1.807, 2.05) is 12.1 Å². The van der Waals surface area contributed by atoms with Crippen molar-refractivity contribution in [3.8, 4) is 5.75 Å². The molecule has 0 fully saturated rings. The molecule has 0 radical (unpaired) electrons. The molecule has 1 aromatic carbocycles. The summed E-state index contributed by atoms with van der Waals surface area (Å²) in [6.45, 7) is 0.781. The first-order valence-corrected chi connectivity index (χ1v) is 4.70. The number of ether oxygens (including phenoxy) is 1. The van der Waals surface area contributed by atoms with Gasteiger partial charge in [0.25, 0.3) is 0 Å². The van der Waals surface area contributed by atoms with Crippen LogP contribution in [0.25, 0.3) is 0 Å².